The largest absolute Gasteiger partial charge is 0.481 e. The molecule has 0 radical (unpaired) electrons. The molecule has 0 spiro atoms. The maximum absolute atomic E-state index is 10.6. The first-order valence-corrected chi connectivity index (χ1v) is 7.38. The lowest BCUT2D eigenvalue weighted by atomic mass is 9.74. The number of hydrogen-bond acceptors (Lipinski definition) is 2. The smallest absolute Gasteiger partial charge is 0.303 e. The van der Waals surface area contributed by atoms with Gasteiger partial charge in [-0.05, 0) is 43.9 Å². The molecule has 4 atom stereocenters. The summed E-state index contributed by atoms with van der Waals surface area (Å²) in [4.78, 5) is 10.6. The average Bonchev–Trinajstić information content (AvgIpc) is 2.26. The van der Waals surface area contributed by atoms with Crippen molar-refractivity contribution in [3.63, 3.8) is 0 Å². The zero-order valence-electron chi connectivity index (χ0n) is 12.3. The van der Waals surface area contributed by atoms with Gasteiger partial charge in [-0.3, -0.25) is 4.79 Å². The third-order valence-electron chi connectivity index (χ3n) is 4.31. The highest BCUT2D eigenvalue weighted by Crippen LogP contribution is 2.33. The third-order valence-corrected chi connectivity index (χ3v) is 4.31. The summed E-state index contributed by atoms with van der Waals surface area (Å²) < 4.78 is 0. The van der Waals surface area contributed by atoms with Crippen molar-refractivity contribution in [2.45, 2.75) is 71.9 Å². The molecule has 4 unspecified atom stereocenters. The van der Waals surface area contributed by atoms with E-state index in [4.69, 9.17) is 5.11 Å². The highest BCUT2D eigenvalue weighted by Gasteiger charge is 2.31. The summed E-state index contributed by atoms with van der Waals surface area (Å²) in [6.45, 7) is 9.04. The topological polar surface area (TPSA) is 49.3 Å². The highest BCUT2D eigenvalue weighted by atomic mass is 16.4. The molecule has 1 rings (SSSR count). The minimum absolute atomic E-state index is 0.267. The van der Waals surface area contributed by atoms with Gasteiger partial charge in [0.15, 0.2) is 0 Å². The molecule has 1 fully saturated rings. The summed E-state index contributed by atoms with van der Waals surface area (Å²) in [7, 11) is 0. The van der Waals surface area contributed by atoms with E-state index in [0.717, 1.165) is 18.3 Å². The van der Waals surface area contributed by atoms with Gasteiger partial charge in [-0.1, -0.05) is 27.2 Å². The minimum atomic E-state index is -0.693. The van der Waals surface area contributed by atoms with Gasteiger partial charge in [0, 0.05) is 18.5 Å². The van der Waals surface area contributed by atoms with Crippen LogP contribution in [0.3, 0.4) is 0 Å². The normalized spacial score (nSPS) is 30.4. The van der Waals surface area contributed by atoms with Crippen LogP contribution in [0.1, 0.15) is 59.8 Å². The Morgan fingerprint density at radius 3 is 2.56 bits per heavy atom. The molecular formula is C15H29NO2. The molecule has 18 heavy (non-hydrogen) atoms. The van der Waals surface area contributed by atoms with Crippen LogP contribution in [0.4, 0.5) is 0 Å². The minimum Gasteiger partial charge on any atom is -0.481 e. The molecule has 106 valence electrons. The van der Waals surface area contributed by atoms with Gasteiger partial charge in [0.05, 0.1) is 0 Å². The van der Waals surface area contributed by atoms with Crippen LogP contribution in [0.5, 0.6) is 0 Å². The van der Waals surface area contributed by atoms with Crippen LogP contribution >= 0.6 is 0 Å². The lowest BCUT2D eigenvalue weighted by Crippen LogP contribution is -2.46. The summed E-state index contributed by atoms with van der Waals surface area (Å²) in [6.07, 6.45) is 4.88. The molecule has 0 bridgehead atoms. The van der Waals surface area contributed by atoms with Crippen LogP contribution in [0.25, 0.3) is 0 Å². The Bertz CT molecular complexity index is 265. The van der Waals surface area contributed by atoms with Gasteiger partial charge in [-0.2, -0.15) is 0 Å². The van der Waals surface area contributed by atoms with E-state index in [1.165, 1.54) is 19.3 Å². The molecule has 3 heteroatoms. The fraction of sp³-hybridized carbons (Fsp3) is 0.933. The second-order valence-corrected chi connectivity index (χ2v) is 6.43. The van der Waals surface area contributed by atoms with Crippen LogP contribution in [0.15, 0.2) is 0 Å². The van der Waals surface area contributed by atoms with E-state index in [9.17, 15) is 4.79 Å². The number of aliphatic carboxylic acids is 1. The standard InChI is InChI=1S/C15H29NO2/c1-10(2)13-7-5-11(3)9-14(13)16-12(4)6-8-15(17)18/h10-14,16H,5-9H2,1-4H3,(H,17,18). The maximum atomic E-state index is 10.6. The summed E-state index contributed by atoms with van der Waals surface area (Å²) in [6, 6.07) is 0.871. The zero-order chi connectivity index (χ0) is 13.7. The quantitative estimate of drug-likeness (QED) is 0.765. The first-order chi connectivity index (χ1) is 8.40. The van der Waals surface area contributed by atoms with E-state index in [2.05, 4.69) is 33.0 Å². The molecule has 0 heterocycles. The van der Waals surface area contributed by atoms with Gasteiger partial charge in [0.2, 0.25) is 0 Å². The predicted octanol–water partition coefficient (Wildman–Crippen LogP) is 3.29. The Balaban J connectivity index is 2.47. The fourth-order valence-corrected chi connectivity index (χ4v) is 3.18. The van der Waals surface area contributed by atoms with E-state index in [0.29, 0.717) is 18.0 Å². The van der Waals surface area contributed by atoms with Crippen molar-refractivity contribution >= 4 is 5.97 Å². The Labute approximate surface area is 111 Å². The van der Waals surface area contributed by atoms with E-state index < -0.39 is 5.97 Å². The van der Waals surface area contributed by atoms with E-state index in [1.807, 2.05) is 0 Å². The number of carbonyl (C=O) groups is 1. The van der Waals surface area contributed by atoms with Crippen LogP contribution in [-0.4, -0.2) is 23.2 Å². The van der Waals surface area contributed by atoms with Crippen molar-refractivity contribution in [2.75, 3.05) is 0 Å². The molecule has 0 aromatic rings. The number of carboxylic acids is 1. The molecule has 3 nitrogen and oxygen atoms in total. The van der Waals surface area contributed by atoms with Gasteiger partial charge >= 0.3 is 5.97 Å². The lowest BCUT2D eigenvalue weighted by Gasteiger charge is -2.39. The first-order valence-electron chi connectivity index (χ1n) is 7.38. The monoisotopic (exact) mass is 255 g/mol. The van der Waals surface area contributed by atoms with E-state index in [1.54, 1.807) is 0 Å². The average molecular weight is 255 g/mol. The van der Waals surface area contributed by atoms with Crippen molar-refractivity contribution < 1.29 is 9.90 Å². The second-order valence-electron chi connectivity index (χ2n) is 6.43. The molecule has 1 aliphatic carbocycles. The van der Waals surface area contributed by atoms with Crippen LogP contribution in [-0.2, 0) is 4.79 Å². The third kappa shape index (κ3) is 4.97. The molecule has 0 amide bonds. The summed E-state index contributed by atoms with van der Waals surface area (Å²) in [5.74, 6) is 1.56. The van der Waals surface area contributed by atoms with Crippen molar-refractivity contribution in [2.24, 2.45) is 17.8 Å². The zero-order valence-corrected chi connectivity index (χ0v) is 12.3. The van der Waals surface area contributed by atoms with Gasteiger partial charge in [0.25, 0.3) is 0 Å². The molecule has 0 aliphatic heterocycles. The van der Waals surface area contributed by atoms with Crippen molar-refractivity contribution in [1.29, 1.82) is 0 Å². The number of rotatable bonds is 6. The van der Waals surface area contributed by atoms with Crippen molar-refractivity contribution in [3.05, 3.63) is 0 Å². The fourth-order valence-electron chi connectivity index (χ4n) is 3.18. The molecule has 0 saturated heterocycles. The molecule has 1 saturated carbocycles. The van der Waals surface area contributed by atoms with Gasteiger partial charge in [0.1, 0.15) is 0 Å². The van der Waals surface area contributed by atoms with Crippen molar-refractivity contribution in [1.82, 2.24) is 5.32 Å². The van der Waals surface area contributed by atoms with Gasteiger partial charge < -0.3 is 10.4 Å². The molecule has 0 aromatic heterocycles. The number of hydrogen-bond donors (Lipinski definition) is 2. The maximum Gasteiger partial charge on any atom is 0.303 e. The Morgan fingerprint density at radius 2 is 2.00 bits per heavy atom. The van der Waals surface area contributed by atoms with Crippen molar-refractivity contribution in [3.8, 4) is 0 Å². The molecular weight excluding hydrogens is 226 g/mol. The first kappa shape index (κ1) is 15.5. The summed E-state index contributed by atoms with van der Waals surface area (Å²) >= 11 is 0. The Morgan fingerprint density at radius 1 is 1.33 bits per heavy atom. The van der Waals surface area contributed by atoms with Gasteiger partial charge in [-0.25, -0.2) is 0 Å². The molecule has 0 aromatic carbocycles. The summed E-state index contributed by atoms with van der Waals surface area (Å²) in [5.41, 5.74) is 0. The predicted molar refractivity (Wildman–Crippen MR) is 74.6 cm³/mol. The van der Waals surface area contributed by atoms with E-state index >= 15 is 0 Å². The van der Waals surface area contributed by atoms with Gasteiger partial charge in [-0.15, -0.1) is 0 Å². The lowest BCUT2D eigenvalue weighted by molar-refractivity contribution is -0.137. The Hall–Kier alpha value is -0.570. The van der Waals surface area contributed by atoms with E-state index in [-0.39, 0.29) is 6.42 Å². The summed E-state index contributed by atoms with van der Waals surface area (Å²) in [5, 5.41) is 12.4. The van der Waals surface area contributed by atoms with Crippen LogP contribution in [0.2, 0.25) is 0 Å². The van der Waals surface area contributed by atoms with Crippen LogP contribution in [0, 0.1) is 17.8 Å². The second kappa shape index (κ2) is 7.13. The highest BCUT2D eigenvalue weighted by molar-refractivity contribution is 5.66. The molecule has 2 N–H and O–H groups in total. The number of carboxylic acid groups (broad SMARTS) is 1. The molecule has 1 aliphatic rings. The number of nitrogens with one attached hydrogen (secondary N) is 1. The Kier molecular flexibility index (Phi) is 6.13. The SMILES string of the molecule is CC1CCC(C(C)C)C(NC(C)CCC(=O)O)C1. The van der Waals surface area contributed by atoms with Crippen LogP contribution < -0.4 is 5.32 Å².